The van der Waals surface area contributed by atoms with E-state index < -0.39 is 0 Å². The van der Waals surface area contributed by atoms with Crippen molar-refractivity contribution in [3.8, 4) is 5.75 Å². The van der Waals surface area contributed by atoms with E-state index in [0.717, 1.165) is 30.0 Å². The summed E-state index contributed by atoms with van der Waals surface area (Å²) in [5.41, 5.74) is 3.01. The van der Waals surface area contributed by atoms with Gasteiger partial charge in [0.15, 0.2) is 5.82 Å². The van der Waals surface area contributed by atoms with Crippen molar-refractivity contribution in [2.45, 2.75) is 19.8 Å². The highest BCUT2D eigenvalue weighted by atomic mass is 16.5. The molecule has 0 fully saturated rings. The van der Waals surface area contributed by atoms with Gasteiger partial charge in [-0.15, -0.1) is 5.10 Å². The quantitative estimate of drug-likeness (QED) is 0.863. The summed E-state index contributed by atoms with van der Waals surface area (Å²) in [4.78, 5) is 13.9. The van der Waals surface area contributed by atoms with Crippen LogP contribution in [0.15, 0.2) is 30.3 Å². The van der Waals surface area contributed by atoms with E-state index in [-0.39, 0.29) is 5.91 Å². The number of carbonyl (C=O) groups excluding carboxylic acids is 1. The van der Waals surface area contributed by atoms with E-state index in [2.05, 4.69) is 16.3 Å². The zero-order valence-electron chi connectivity index (χ0n) is 12.2. The lowest BCUT2D eigenvalue weighted by Crippen LogP contribution is -2.28. The maximum Gasteiger partial charge on any atom is 0.232 e. The van der Waals surface area contributed by atoms with Crippen LogP contribution in [0.4, 0.5) is 5.82 Å². The van der Waals surface area contributed by atoms with Crippen LogP contribution in [-0.4, -0.2) is 29.8 Å². The first kappa shape index (κ1) is 13.5. The van der Waals surface area contributed by atoms with Crippen molar-refractivity contribution in [3.63, 3.8) is 0 Å². The first-order chi connectivity index (χ1) is 10.1. The summed E-state index contributed by atoms with van der Waals surface area (Å²) in [5, 5.41) is 8.01. The van der Waals surface area contributed by atoms with Gasteiger partial charge in [0, 0.05) is 13.5 Å². The van der Waals surface area contributed by atoms with Gasteiger partial charge in [-0.2, -0.15) is 5.10 Å². The average molecular weight is 283 g/mol. The van der Waals surface area contributed by atoms with Gasteiger partial charge in [0.05, 0.1) is 18.7 Å². The molecule has 21 heavy (non-hydrogen) atoms. The van der Waals surface area contributed by atoms with Gasteiger partial charge < -0.3 is 4.74 Å². The monoisotopic (exact) mass is 283 g/mol. The van der Waals surface area contributed by atoms with Crippen LogP contribution < -0.4 is 9.64 Å². The van der Waals surface area contributed by atoms with Gasteiger partial charge in [-0.1, -0.05) is 12.1 Å². The number of benzene rings is 1. The fourth-order valence-corrected chi connectivity index (χ4v) is 2.34. The number of aromatic nitrogens is 2. The van der Waals surface area contributed by atoms with Crippen molar-refractivity contribution in [2.24, 2.45) is 0 Å². The predicted octanol–water partition coefficient (Wildman–Crippen LogP) is 1.93. The van der Waals surface area contributed by atoms with Gasteiger partial charge in [-0.05, 0) is 36.2 Å². The molecular weight excluding hydrogens is 266 g/mol. The van der Waals surface area contributed by atoms with Crippen LogP contribution in [0.5, 0.6) is 5.75 Å². The number of rotatable bonds is 3. The molecule has 0 atom stereocenters. The highest BCUT2D eigenvalue weighted by Crippen LogP contribution is 2.26. The predicted molar refractivity (Wildman–Crippen MR) is 79.5 cm³/mol. The van der Waals surface area contributed by atoms with Crippen LogP contribution >= 0.6 is 0 Å². The molecule has 5 heteroatoms. The van der Waals surface area contributed by atoms with Gasteiger partial charge in [-0.25, -0.2) is 0 Å². The average Bonchev–Trinajstić information content (AvgIpc) is 2.95. The number of amides is 1. The Morgan fingerprint density at radius 3 is 2.90 bits per heavy atom. The lowest BCUT2D eigenvalue weighted by molar-refractivity contribution is -0.117. The minimum Gasteiger partial charge on any atom is -0.493 e. The molecule has 0 saturated heterocycles. The lowest BCUT2D eigenvalue weighted by Gasteiger charge is -2.15. The Kier molecular flexibility index (Phi) is 3.56. The fourth-order valence-electron chi connectivity index (χ4n) is 2.34. The number of hydrogen-bond donors (Lipinski definition) is 0. The molecule has 1 amide bonds. The third-order valence-electron chi connectivity index (χ3n) is 3.61. The van der Waals surface area contributed by atoms with Gasteiger partial charge in [0.25, 0.3) is 0 Å². The summed E-state index contributed by atoms with van der Waals surface area (Å²) in [7, 11) is 1.72. The Hall–Kier alpha value is -2.43. The number of fused-ring (bicyclic) bond motifs is 1. The second-order valence-corrected chi connectivity index (χ2v) is 5.20. The van der Waals surface area contributed by atoms with Gasteiger partial charge >= 0.3 is 0 Å². The molecule has 1 aliphatic rings. The number of hydrogen-bond acceptors (Lipinski definition) is 4. The van der Waals surface area contributed by atoms with Crippen molar-refractivity contribution in [1.29, 1.82) is 0 Å². The molecule has 1 aliphatic heterocycles. The molecule has 0 bridgehead atoms. The zero-order chi connectivity index (χ0) is 14.8. The second kappa shape index (κ2) is 5.52. The highest BCUT2D eigenvalue weighted by molar-refractivity contribution is 5.93. The third-order valence-corrected chi connectivity index (χ3v) is 3.61. The largest absolute Gasteiger partial charge is 0.493 e. The van der Waals surface area contributed by atoms with Gasteiger partial charge in [-0.3, -0.25) is 9.69 Å². The molecular formula is C16H17N3O2. The number of carbonyl (C=O) groups is 1. The van der Waals surface area contributed by atoms with Crippen molar-refractivity contribution in [1.82, 2.24) is 10.2 Å². The summed E-state index contributed by atoms with van der Waals surface area (Å²) in [6.45, 7) is 2.59. The Bertz CT molecular complexity index is 668. The van der Waals surface area contributed by atoms with Crippen LogP contribution in [-0.2, 0) is 17.6 Å². The highest BCUT2D eigenvalue weighted by Gasteiger charge is 2.16. The van der Waals surface area contributed by atoms with Crippen molar-refractivity contribution < 1.29 is 9.53 Å². The maximum atomic E-state index is 12.3. The number of nitrogens with zero attached hydrogens (tertiary/aromatic N) is 3. The molecule has 2 aromatic rings. The van der Waals surface area contributed by atoms with Gasteiger partial charge in [0.2, 0.25) is 5.91 Å². The maximum absolute atomic E-state index is 12.3. The topological polar surface area (TPSA) is 55.3 Å². The number of aryl methyl sites for hydroxylation is 1. The van der Waals surface area contributed by atoms with E-state index in [1.165, 1.54) is 10.5 Å². The van der Waals surface area contributed by atoms with E-state index in [4.69, 9.17) is 4.74 Å². The summed E-state index contributed by atoms with van der Waals surface area (Å²) >= 11 is 0. The normalized spacial score (nSPS) is 12.7. The minimum atomic E-state index is -0.00739. The summed E-state index contributed by atoms with van der Waals surface area (Å²) < 4.78 is 5.47. The van der Waals surface area contributed by atoms with E-state index >= 15 is 0 Å². The molecule has 0 N–H and O–H groups in total. The van der Waals surface area contributed by atoms with E-state index in [9.17, 15) is 4.79 Å². The van der Waals surface area contributed by atoms with Crippen LogP contribution in [0.25, 0.3) is 0 Å². The van der Waals surface area contributed by atoms with E-state index in [0.29, 0.717) is 12.2 Å². The number of anilines is 1. The third kappa shape index (κ3) is 2.86. The fraction of sp³-hybridized carbons (Fsp3) is 0.312. The molecule has 1 aromatic carbocycles. The molecule has 0 unspecified atom stereocenters. The van der Waals surface area contributed by atoms with E-state index in [1.54, 1.807) is 13.1 Å². The van der Waals surface area contributed by atoms with Crippen LogP contribution in [0.1, 0.15) is 16.8 Å². The molecule has 1 aromatic heterocycles. The number of likely N-dealkylation sites (N-methyl/N-ethyl adjacent to an activating group) is 1. The lowest BCUT2D eigenvalue weighted by atomic mass is 10.1. The second-order valence-electron chi connectivity index (χ2n) is 5.20. The van der Waals surface area contributed by atoms with Crippen molar-refractivity contribution >= 4 is 11.7 Å². The van der Waals surface area contributed by atoms with Crippen LogP contribution in [0.3, 0.4) is 0 Å². The molecule has 3 rings (SSSR count). The first-order valence-corrected chi connectivity index (χ1v) is 6.95. The molecule has 0 aliphatic carbocycles. The summed E-state index contributed by atoms with van der Waals surface area (Å²) in [6.07, 6.45) is 1.26. The smallest absolute Gasteiger partial charge is 0.232 e. The van der Waals surface area contributed by atoms with Gasteiger partial charge in [0.1, 0.15) is 5.75 Å². The molecule has 0 saturated carbocycles. The molecule has 0 spiro atoms. The SMILES string of the molecule is Cc1ccc(N(C)C(=O)Cc2ccc3c(c2)CCO3)nn1. The standard InChI is InChI=1S/C16H17N3O2/c1-11-3-6-15(18-17-11)19(2)16(20)10-12-4-5-14-13(9-12)7-8-21-14/h3-6,9H,7-8,10H2,1-2H3. The van der Waals surface area contributed by atoms with Crippen LogP contribution in [0.2, 0.25) is 0 Å². The zero-order valence-corrected chi connectivity index (χ0v) is 12.2. The molecule has 0 radical (unpaired) electrons. The molecule has 2 heterocycles. The van der Waals surface area contributed by atoms with E-state index in [1.807, 2.05) is 25.1 Å². The van der Waals surface area contributed by atoms with Crippen LogP contribution in [0, 0.1) is 6.92 Å². The molecule has 108 valence electrons. The van der Waals surface area contributed by atoms with Crippen molar-refractivity contribution in [2.75, 3.05) is 18.6 Å². The summed E-state index contributed by atoms with van der Waals surface area (Å²) in [6, 6.07) is 9.58. The Balaban J connectivity index is 1.72. The first-order valence-electron chi connectivity index (χ1n) is 6.95. The minimum absolute atomic E-state index is 0.00739. The van der Waals surface area contributed by atoms with Crippen molar-refractivity contribution in [3.05, 3.63) is 47.2 Å². The number of ether oxygens (including phenoxy) is 1. The molecule has 5 nitrogen and oxygen atoms in total. The Morgan fingerprint density at radius 1 is 1.29 bits per heavy atom. The Labute approximate surface area is 123 Å². The summed E-state index contributed by atoms with van der Waals surface area (Å²) in [5.74, 6) is 1.49. The Morgan fingerprint density at radius 2 is 2.14 bits per heavy atom.